The van der Waals surface area contributed by atoms with Gasteiger partial charge in [-0.3, -0.25) is 0 Å². The summed E-state index contributed by atoms with van der Waals surface area (Å²) in [5.74, 6) is 0. The van der Waals surface area contributed by atoms with Crippen molar-refractivity contribution < 1.29 is 0 Å². The number of rotatable bonds is 0. The molecular weight excluding hydrogens is 168 g/mol. The molecule has 0 saturated carbocycles. The number of benzene rings is 1. The molecule has 12 heavy (non-hydrogen) atoms. The summed E-state index contributed by atoms with van der Waals surface area (Å²) in [5.41, 5.74) is 5.58. The minimum atomic E-state index is 0.264. The van der Waals surface area contributed by atoms with E-state index >= 15 is 0 Å². The Kier molecular flexibility index (Phi) is 1.88. The largest absolute Gasteiger partial charge is 0.118 e. The van der Waals surface area contributed by atoms with E-state index in [1.807, 2.05) is 0 Å². The molecule has 64 valence electrons. The molecule has 1 atom stereocenters. The molecule has 0 aliphatic heterocycles. The van der Waals surface area contributed by atoms with Crippen molar-refractivity contribution in [3.8, 4) is 0 Å². The Morgan fingerprint density at radius 2 is 2.08 bits per heavy atom. The van der Waals surface area contributed by atoms with E-state index in [0.717, 1.165) is 12.8 Å². The van der Waals surface area contributed by atoms with Gasteiger partial charge in [0.2, 0.25) is 0 Å². The Bertz CT molecular complexity index is 315. The van der Waals surface area contributed by atoms with Gasteiger partial charge in [0.25, 0.3) is 0 Å². The minimum absolute atomic E-state index is 0.264. The van der Waals surface area contributed by atoms with Crippen molar-refractivity contribution in [2.45, 2.75) is 32.1 Å². The second kappa shape index (κ2) is 2.77. The first kappa shape index (κ1) is 8.12. The lowest BCUT2D eigenvalue weighted by Crippen LogP contribution is -1.90. The molecule has 1 heteroatoms. The smallest absolute Gasteiger partial charge is 0.0593 e. The van der Waals surface area contributed by atoms with Gasteiger partial charge in [0.1, 0.15) is 0 Å². The molecule has 0 fully saturated rings. The minimum Gasteiger partial charge on any atom is -0.118 e. The SMILES string of the molecule is Cc1cc(C)c2c(c1)CCC2Cl. The van der Waals surface area contributed by atoms with Crippen LogP contribution in [-0.2, 0) is 6.42 Å². The molecule has 1 aromatic carbocycles. The number of hydrogen-bond donors (Lipinski definition) is 0. The Labute approximate surface area is 78.6 Å². The zero-order valence-electron chi connectivity index (χ0n) is 7.52. The van der Waals surface area contributed by atoms with Gasteiger partial charge in [-0.1, -0.05) is 17.7 Å². The Balaban J connectivity index is 2.60. The maximum absolute atomic E-state index is 6.20. The topological polar surface area (TPSA) is 0 Å². The lowest BCUT2D eigenvalue weighted by atomic mass is 10.0. The average molecular weight is 181 g/mol. The molecule has 0 saturated heterocycles. The van der Waals surface area contributed by atoms with E-state index in [4.69, 9.17) is 11.6 Å². The first-order valence-electron chi connectivity index (χ1n) is 4.42. The van der Waals surface area contributed by atoms with Gasteiger partial charge in [0.05, 0.1) is 5.38 Å². The van der Waals surface area contributed by atoms with Gasteiger partial charge in [-0.2, -0.15) is 0 Å². The summed E-state index contributed by atoms with van der Waals surface area (Å²) in [6.45, 7) is 4.31. The van der Waals surface area contributed by atoms with Crippen LogP contribution in [0.15, 0.2) is 12.1 Å². The third-order valence-electron chi connectivity index (χ3n) is 2.60. The van der Waals surface area contributed by atoms with E-state index in [9.17, 15) is 0 Å². The van der Waals surface area contributed by atoms with E-state index in [1.54, 1.807) is 0 Å². The highest BCUT2D eigenvalue weighted by Crippen LogP contribution is 2.38. The lowest BCUT2D eigenvalue weighted by molar-refractivity contribution is 0.879. The van der Waals surface area contributed by atoms with Gasteiger partial charge in [-0.25, -0.2) is 0 Å². The molecular formula is C11H13Cl. The predicted octanol–water partition coefficient (Wildman–Crippen LogP) is 3.53. The maximum atomic E-state index is 6.20. The van der Waals surface area contributed by atoms with Crippen LogP contribution in [-0.4, -0.2) is 0 Å². The summed E-state index contributed by atoms with van der Waals surface area (Å²) >= 11 is 6.20. The van der Waals surface area contributed by atoms with E-state index < -0.39 is 0 Å². The first-order chi connectivity index (χ1) is 5.68. The standard InChI is InChI=1S/C11H13Cl/c1-7-5-8(2)11-9(6-7)3-4-10(11)12/h5-6,10H,3-4H2,1-2H3. The molecule has 2 rings (SSSR count). The van der Waals surface area contributed by atoms with Crippen LogP contribution in [0.2, 0.25) is 0 Å². The Morgan fingerprint density at radius 3 is 2.83 bits per heavy atom. The summed E-state index contributed by atoms with van der Waals surface area (Å²) < 4.78 is 0. The fourth-order valence-electron chi connectivity index (χ4n) is 2.15. The second-order valence-electron chi connectivity index (χ2n) is 3.66. The lowest BCUT2D eigenvalue weighted by Gasteiger charge is -2.08. The zero-order valence-corrected chi connectivity index (χ0v) is 8.28. The highest BCUT2D eigenvalue weighted by Gasteiger charge is 2.21. The molecule has 0 aromatic heterocycles. The van der Waals surface area contributed by atoms with Gasteiger partial charge in [0, 0.05) is 0 Å². The molecule has 1 aliphatic carbocycles. The fraction of sp³-hybridized carbons (Fsp3) is 0.455. The Morgan fingerprint density at radius 1 is 1.33 bits per heavy atom. The number of aryl methyl sites for hydroxylation is 3. The van der Waals surface area contributed by atoms with Crippen LogP contribution in [0.5, 0.6) is 0 Å². The summed E-state index contributed by atoms with van der Waals surface area (Å²) in [4.78, 5) is 0. The Hall–Kier alpha value is -0.490. The normalized spacial score (nSPS) is 21.1. The van der Waals surface area contributed by atoms with Crippen LogP contribution >= 0.6 is 11.6 Å². The highest BCUT2D eigenvalue weighted by atomic mass is 35.5. The van der Waals surface area contributed by atoms with Gasteiger partial charge in [-0.15, -0.1) is 11.6 Å². The number of fused-ring (bicyclic) bond motifs is 1. The van der Waals surface area contributed by atoms with Gasteiger partial charge in [0.15, 0.2) is 0 Å². The molecule has 1 unspecified atom stereocenters. The van der Waals surface area contributed by atoms with Crippen molar-refractivity contribution in [2.24, 2.45) is 0 Å². The molecule has 1 aromatic rings. The van der Waals surface area contributed by atoms with E-state index in [1.165, 1.54) is 22.3 Å². The summed E-state index contributed by atoms with van der Waals surface area (Å²) in [6.07, 6.45) is 2.27. The van der Waals surface area contributed by atoms with Crippen molar-refractivity contribution in [1.29, 1.82) is 0 Å². The number of hydrogen-bond acceptors (Lipinski definition) is 0. The molecule has 0 nitrogen and oxygen atoms in total. The fourth-order valence-corrected chi connectivity index (χ4v) is 2.57. The summed E-state index contributed by atoms with van der Waals surface area (Å²) in [5, 5.41) is 0.264. The second-order valence-corrected chi connectivity index (χ2v) is 4.19. The van der Waals surface area contributed by atoms with Crippen LogP contribution in [0.4, 0.5) is 0 Å². The molecule has 0 N–H and O–H groups in total. The predicted molar refractivity (Wildman–Crippen MR) is 52.8 cm³/mol. The monoisotopic (exact) mass is 180 g/mol. The molecule has 0 heterocycles. The van der Waals surface area contributed by atoms with Gasteiger partial charge in [-0.05, 0) is 43.4 Å². The van der Waals surface area contributed by atoms with E-state index in [2.05, 4.69) is 26.0 Å². The van der Waals surface area contributed by atoms with Gasteiger partial charge >= 0.3 is 0 Å². The number of halogens is 1. The van der Waals surface area contributed by atoms with Crippen molar-refractivity contribution in [2.75, 3.05) is 0 Å². The van der Waals surface area contributed by atoms with E-state index in [0.29, 0.717) is 0 Å². The van der Waals surface area contributed by atoms with E-state index in [-0.39, 0.29) is 5.38 Å². The zero-order chi connectivity index (χ0) is 8.72. The van der Waals surface area contributed by atoms with Crippen LogP contribution in [0.25, 0.3) is 0 Å². The van der Waals surface area contributed by atoms with Crippen LogP contribution < -0.4 is 0 Å². The summed E-state index contributed by atoms with van der Waals surface area (Å²) in [7, 11) is 0. The molecule has 0 radical (unpaired) electrons. The highest BCUT2D eigenvalue weighted by molar-refractivity contribution is 6.21. The third-order valence-corrected chi connectivity index (χ3v) is 3.03. The number of alkyl halides is 1. The van der Waals surface area contributed by atoms with Crippen molar-refractivity contribution in [1.82, 2.24) is 0 Å². The molecule has 1 aliphatic rings. The molecule has 0 spiro atoms. The maximum Gasteiger partial charge on any atom is 0.0593 e. The van der Waals surface area contributed by atoms with Crippen LogP contribution in [0.3, 0.4) is 0 Å². The third kappa shape index (κ3) is 1.15. The molecule has 0 bridgehead atoms. The molecule has 0 amide bonds. The average Bonchev–Trinajstić information content (AvgIpc) is 2.31. The van der Waals surface area contributed by atoms with Crippen LogP contribution in [0.1, 0.15) is 34.1 Å². The first-order valence-corrected chi connectivity index (χ1v) is 4.86. The van der Waals surface area contributed by atoms with Crippen molar-refractivity contribution in [3.05, 3.63) is 34.4 Å². The van der Waals surface area contributed by atoms with Crippen molar-refractivity contribution >= 4 is 11.6 Å². The van der Waals surface area contributed by atoms with Gasteiger partial charge < -0.3 is 0 Å². The quantitative estimate of drug-likeness (QED) is 0.536. The van der Waals surface area contributed by atoms with Crippen molar-refractivity contribution in [3.63, 3.8) is 0 Å². The summed E-state index contributed by atoms with van der Waals surface area (Å²) in [6, 6.07) is 4.49. The van der Waals surface area contributed by atoms with Crippen LogP contribution in [0, 0.1) is 13.8 Å².